The highest BCUT2D eigenvalue weighted by Gasteiger charge is 2.09. The SMILES string of the molecule is CCCNC(=O)c1cccc(=O)n1O. The van der Waals surface area contributed by atoms with Crippen molar-refractivity contribution >= 4 is 5.91 Å². The Kier molecular flexibility index (Phi) is 3.28. The molecule has 1 heterocycles. The third-order valence-corrected chi connectivity index (χ3v) is 1.70. The number of amides is 1. The maximum absolute atomic E-state index is 11.3. The summed E-state index contributed by atoms with van der Waals surface area (Å²) < 4.78 is 0.338. The molecule has 0 spiro atoms. The van der Waals surface area contributed by atoms with E-state index < -0.39 is 11.5 Å². The summed E-state index contributed by atoms with van der Waals surface area (Å²) in [5, 5.41) is 11.8. The van der Waals surface area contributed by atoms with E-state index in [1.165, 1.54) is 18.2 Å². The van der Waals surface area contributed by atoms with E-state index in [2.05, 4.69) is 5.32 Å². The highest BCUT2D eigenvalue weighted by atomic mass is 16.5. The number of aromatic nitrogens is 1. The lowest BCUT2D eigenvalue weighted by Gasteiger charge is -2.05. The van der Waals surface area contributed by atoms with Crippen LogP contribution in [-0.2, 0) is 0 Å². The van der Waals surface area contributed by atoms with Crippen molar-refractivity contribution in [2.24, 2.45) is 0 Å². The topological polar surface area (TPSA) is 71.3 Å². The van der Waals surface area contributed by atoms with E-state index in [9.17, 15) is 14.8 Å². The third kappa shape index (κ3) is 2.12. The second-order valence-corrected chi connectivity index (χ2v) is 2.82. The molecule has 1 aromatic heterocycles. The Bertz CT molecular complexity index is 384. The van der Waals surface area contributed by atoms with Crippen LogP contribution in [0.15, 0.2) is 23.0 Å². The van der Waals surface area contributed by atoms with Crippen molar-refractivity contribution < 1.29 is 10.0 Å². The fraction of sp³-hybridized carbons (Fsp3) is 0.333. The molecular formula is C9H12N2O3. The Hall–Kier alpha value is -1.78. The molecule has 0 atom stereocenters. The van der Waals surface area contributed by atoms with Gasteiger partial charge in [-0.25, -0.2) is 0 Å². The van der Waals surface area contributed by atoms with Crippen LogP contribution in [-0.4, -0.2) is 22.4 Å². The molecule has 0 aliphatic carbocycles. The van der Waals surface area contributed by atoms with E-state index in [4.69, 9.17) is 0 Å². The van der Waals surface area contributed by atoms with E-state index in [0.29, 0.717) is 11.3 Å². The number of carbonyl (C=O) groups is 1. The summed E-state index contributed by atoms with van der Waals surface area (Å²) in [5.74, 6) is -0.452. The minimum Gasteiger partial charge on any atom is -0.425 e. The molecule has 1 amide bonds. The van der Waals surface area contributed by atoms with Gasteiger partial charge in [-0.2, -0.15) is 0 Å². The molecule has 1 aromatic rings. The summed E-state index contributed by atoms with van der Waals surface area (Å²) in [5.41, 5.74) is -0.667. The monoisotopic (exact) mass is 196 g/mol. The molecule has 0 aliphatic rings. The molecular weight excluding hydrogens is 184 g/mol. The Labute approximate surface area is 80.9 Å². The summed E-state index contributed by atoms with van der Waals surface area (Å²) in [6, 6.07) is 3.99. The lowest BCUT2D eigenvalue weighted by molar-refractivity contribution is 0.0892. The second kappa shape index (κ2) is 4.45. The zero-order valence-electron chi connectivity index (χ0n) is 7.86. The van der Waals surface area contributed by atoms with Crippen LogP contribution < -0.4 is 10.9 Å². The molecule has 0 unspecified atom stereocenters. The average molecular weight is 196 g/mol. The van der Waals surface area contributed by atoms with Crippen LogP contribution >= 0.6 is 0 Å². The maximum atomic E-state index is 11.3. The molecule has 0 bridgehead atoms. The number of pyridine rings is 1. The van der Waals surface area contributed by atoms with Crippen molar-refractivity contribution in [3.05, 3.63) is 34.2 Å². The van der Waals surface area contributed by atoms with E-state index in [1.807, 2.05) is 6.92 Å². The largest absolute Gasteiger partial charge is 0.425 e. The highest BCUT2D eigenvalue weighted by molar-refractivity contribution is 5.92. The quantitative estimate of drug-likeness (QED) is 0.679. The lowest BCUT2D eigenvalue weighted by atomic mass is 10.3. The van der Waals surface area contributed by atoms with E-state index >= 15 is 0 Å². The molecule has 5 nitrogen and oxygen atoms in total. The summed E-state index contributed by atoms with van der Waals surface area (Å²) in [6.07, 6.45) is 0.800. The predicted octanol–water partition coefficient (Wildman–Crippen LogP) is 0.225. The van der Waals surface area contributed by atoms with Gasteiger partial charge in [0.15, 0.2) is 0 Å². The number of carbonyl (C=O) groups excluding carboxylic acids is 1. The van der Waals surface area contributed by atoms with Gasteiger partial charge in [0, 0.05) is 12.6 Å². The fourth-order valence-electron chi connectivity index (χ4n) is 0.982. The molecule has 2 N–H and O–H groups in total. The molecule has 14 heavy (non-hydrogen) atoms. The van der Waals surface area contributed by atoms with Gasteiger partial charge in [-0.1, -0.05) is 13.0 Å². The van der Waals surface area contributed by atoms with Crippen LogP contribution in [0.25, 0.3) is 0 Å². The minimum absolute atomic E-state index is 0.0500. The molecule has 0 saturated heterocycles. The third-order valence-electron chi connectivity index (χ3n) is 1.70. The molecule has 0 saturated carbocycles. The zero-order valence-corrected chi connectivity index (χ0v) is 7.86. The van der Waals surface area contributed by atoms with Gasteiger partial charge in [-0.05, 0) is 12.5 Å². The Morgan fingerprint density at radius 2 is 2.29 bits per heavy atom. The van der Waals surface area contributed by atoms with Crippen LogP contribution in [0.2, 0.25) is 0 Å². The number of hydrogen-bond donors (Lipinski definition) is 2. The van der Waals surface area contributed by atoms with Crippen molar-refractivity contribution in [3.63, 3.8) is 0 Å². The van der Waals surface area contributed by atoms with Gasteiger partial charge in [0.05, 0.1) is 0 Å². The summed E-state index contributed by atoms with van der Waals surface area (Å²) >= 11 is 0. The summed E-state index contributed by atoms with van der Waals surface area (Å²) in [6.45, 7) is 2.43. The van der Waals surface area contributed by atoms with E-state index in [0.717, 1.165) is 6.42 Å². The van der Waals surface area contributed by atoms with Crippen molar-refractivity contribution in [1.82, 2.24) is 10.0 Å². The summed E-state index contributed by atoms with van der Waals surface area (Å²) in [4.78, 5) is 22.3. The Morgan fingerprint density at radius 3 is 2.93 bits per heavy atom. The minimum atomic E-state index is -0.617. The van der Waals surface area contributed by atoms with Gasteiger partial charge in [0.2, 0.25) is 0 Å². The normalized spacial score (nSPS) is 9.79. The molecule has 1 rings (SSSR count). The lowest BCUT2D eigenvalue weighted by Crippen LogP contribution is -2.31. The fourth-order valence-corrected chi connectivity index (χ4v) is 0.982. The first-order valence-electron chi connectivity index (χ1n) is 4.36. The smallest absolute Gasteiger partial charge is 0.283 e. The summed E-state index contributed by atoms with van der Waals surface area (Å²) in [7, 11) is 0. The van der Waals surface area contributed by atoms with Crippen LogP contribution in [0, 0.1) is 0 Å². The standard InChI is InChI=1S/C9H12N2O3/c1-2-6-10-9(13)7-4-3-5-8(12)11(7)14/h3-5,14H,2,6H2,1H3,(H,10,13). The van der Waals surface area contributed by atoms with E-state index in [-0.39, 0.29) is 5.69 Å². The van der Waals surface area contributed by atoms with Crippen LogP contribution in [0.4, 0.5) is 0 Å². The van der Waals surface area contributed by atoms with Gasteiger partial charge in [-0.15, -0.1) is 4.73 Å². The Morgan fingerprint density at radius 1 is 1.57 bits per heavy atom. The number of hydrogen-bond acceptors (Lipinski definition) is 3. The van der Waals surface area contributed by atoms with Crippen LogP contribution in [0.1, 0.15) is 23.8 Å². The van der Waals surface area contributed by atoms with Crippen molar-refractivity contribution in [2.45, 2.75) is 13.3 Å². The van der Waals surface area contributed by atoms with Gasteiger partial charge in [0.25, 0.3) is 11.5 Å². The van der Waals surface area contributed by atoms with Gasteiger partial charge < -0.3 is 10.5 Å². The first kappa shape index (κ1) is 10.3. The molecule has 76 valence electrons. The van der Waals surface area contributed by atoms with Gasteiger partial charge in [-0.3, -0.25) is 9.59 Å². The Balaban J connectivity index is 2.90. The molecule has 0 radical (unpaired) electrons. The van der Waals surface area contributed by atoms with Crippen molar-refractivity contribution in [2.75, 3.05) is 6.54 Å². The first-order chi connectivity index (χ1) is 6.66. The molecule has 5 heteroatoms. The second-order valence-electron chi connectivity index (χ2n) is 2.82. The maximum Gasteiger partial charge on any atom is 0.283 e. The van der Waals surface area contributed by atoms with Crippen LogP contribution in [0.5, 0.6) is 0 Å². The number of rotatable bonds is 3. The van der Waals surface area contributed by atoms with Crippen molar-refractivity contribution in [1.29, 1.82) is 0 Å². The number of nitrogens with one attached hydrogen (secondary N) is 1. The average Bonchev–Trinajstić information content (AvgIpc) is 2.18. The van der Waals surface area contributed by atoms with Crippen LogP contribution in [0.3, 0.4) is 0 Å². The molecule has 0 aromatic carbocycles. The highest BCUT2D eigenvalue weighted by Crippen LogP contribution is 1.93. The van der Waals surface area contributed by atoms with E-state index in [1.54, 1.807) is 0 Å². The predicted molar refractivity (Wildman–Crippen MR) is 50.5 cm³/mol. The number of nitrogens with zero attached hydrogens (tertiary/aromatic N) is 1. The van der Waals surface area contributed by atoms with Gasteiger partial charge >= 0.3 is 0 Å². The van der Waals surface area contributed by atoms with Gasteiger partial charge in [0.1, 0.15) is 5.69 Å². The first-order valence-corrected chi connectivity index (χ1v) is 4.36. The molecule has 0 aliphatic heterocycles. The van der Waals surface area contributed by atoms with Crippen molar-refractivity contribution in [3.8, 4) is 0 Å². The molecule has 0 fully saturated rings. The zero-order chi connectivity index (χ0) is 10.6.